The third-order valence-electron chi connectivity index (χ3n) is 4.65. The van der Waals surface area contributed by atoms with Gasteiger partial charge in [-0.3, -0.25) is 10.1 Å². The maximum absolute atomic E-state index is 13.9. The Morgan fingerprint density at radius 3 is 2.66 bits per heavy atom. The van der Waals surface area contributed by atoms with E-state index in [2.05, 4.69) is 20.3 Å². The summed E-state index contributed by atoms with van der Waals surface area (Å²) in [6.07, 6.45) is -2.73. The lowest BCUT2D eigenvalue weighted by molar-refractivity contribution is -0.387. The Balaban J connectivity index is 1.85. The normalized spacial score (nSPS) is 11.5. The first-order valence-corrected chi connectivity index (χ1v) is 8.98. The number of alkyl halides is 3. The van der Waals surface area contributed by atoms with E-state index in [-0.39, 0.29) is 22.9 Å². The van der Waals surface area contributed by atoms with Crippen molar-refractivity contribution in [2.45, 2.75) is 6.18 Å². The van der Waals surface area contributed by atoms with Crippen LogP contribution in [-0.4, -0.2) is 27.0 Å². The second-order valence-electron chi connectivity index (χ2n) is 6.59. The van der Waals surface area contributed by atoms with Crippen molar-refractivity contribution in [3.63, 3.8) is 0 Å². The number of rotatable bonds is 5. The molecule has 0 atom stereocenters. The Bertz CT molecular complexity index is 1340. The molecule has 0 aliphatic heterocycles. The Morgan fingerprint density at radius 1 is 1.22 bits per heavy atom. The van der Waals surface area contributed by atoms with Gasteiger partial charge in [-0.2, -0.15) is 17.6 Å². The molecule has 0 aliphatic rings. The number of ether oxygens (including phenoxy) is 1. The van der Waals surface area contributed by atoms with E-state index in [0.29, 0.717) is 17.1 Å². The molecule has 12 heteroatoms. The van der Waals surface area contributed by atoms with Crippen molar-refractivity contribution < 1.29 is 27.2 Å². The maximum Gasteiger partial charge on any atom is 0.419 e. The standard InChI is InChI=1S/C20H13F4N5O3/c1-32-17-6-13(21)16(29(30)31)7-15(17)27-19-26-9-12(20(22,23)24)18(28-19)11-8-25-14-5-3-2-4-10(11)14/h2-9,25H,1H3,(H,26,27,28). The zero-order valence-corrected chi connectivity index (χ0v) is 16.2. The molecule has 4 rings (SSSR count). The molecule has 8 nitrogen and oxygen atoms in total. The van der Waals surface area contributed by atoms with Crippen molar-refractivity contribution in [2.75, 3.05) is 12.4 Å². The van der Waals surface area contributed by atoms with Crippen LogP contribution in [0.4, 0.5) is 34.9 Å². The number of methoxy groups -OCH3 is 1. The zero-order valence-electron chi connectivity index (χ0n) is 16.2. The van der Waals surface area contributed by atoms with Crippen LogP contribution < -0.4 is 10.1 Å². The minimum absolute atomic E-state index is 0.0924. The molecule has 0 unspecified atom stereocenters. The average Bonchev–Trinajstić information content (AvgIpc) is 3.17. The zero-order chi connectivity index (χ0) is 23.0. The lowest BCUT2D eigenvalue weighted by Gasteiger charge is -2.14. The van der Waals surface area contributed by atoms with Crippen LogP contribution in [-0.2, 0) is 6.18 Å². The van der Waals surface area contributed by atoms with Gasteiger partial charge in [-0.05, 0) is 6.07 Å². The molecule has 0 aliphatic carbocycles. The van der Waals surface area contributed by atoms with Crippen LogP contribution in [0.5, 0.6) is 5.75 Å². The van der Waals surface area contributed by atoms with Gasteiger partial charge in [-0.1, -0.05) is 18.2 Å². The van der Waals surface area contributed by atoms with Gasteiger partial charge in [0.1, 0.15) is 11.3 Å². The first kappa shape index (κ1) is 21.0. The molecule has 0 radical (unpaired) electrons. The maximum atomic E-state index is 13.9. The largest absolute Gasteiger partial charge is 0.494 e. The van der Waals surface area contributed by atoms with Crippen LogP contribution in [0.1, 0.15) is 5.56 Å². The fourth-order valence-electron chi connectivity index (χ4n) is 3.19. The minimum Gasteiger partial charge on any atom is -0.494 e. The van der Waals surface area contributed by atoms with Crippen LogP contribution in [0, 0.1) is 15.9 Å². The number of halogens is 4. The van der Waals surface area contributed by atoms with Gasteiger partial charge < -0.3 is 15.0 Å². The van der Waals surface area contributed by atoms with Gasteiger partial charge in [0.25, 0.3) is 0 Å². The van der Waals surface area contributed by atoms with E-state index in [1.165, 1.54) is 13.3 Å². The molecule has 2 aromatic carbocycles. The Hall–Kier alpha value is -4.22. The number of aromatic nitrogens is 3. The second-order valence-corrected chi connectivity index (χ2v) is 6.59. The number of nitrogens with one attached hydrogen (secondary N) is 2. The SMILES string of the molecule is COc1cc(F)c([N+](=O)[O-])cc1Nc1ncc(C(F)(F)F)c(-c2c[nH]c3ccccc23)n1. The summed E-state index contributed by atoms with van der Waals surface area (Å²) >= 11 is 0. The summed E-state index contributed by atoms with van der Waals surface area (Å²) in [5, 5.41) is 14.1. The van der Waals surface area contributed by atoms with Gasteiger partial charge in [0.05, 0.1) is 23.4 Å². The van der Waals surface area contributed by atoms with Crippen molar-refractivity contribution in [3.05, 3.63) is 70.3 Å². The van der Waals surface area contributed by atoms with E-state index < -0.39 is 33.9 Å². The Labute approximate surface area is 177 Å². The monoisotopic (exact) mass is 447 g/mol. The van der Waals surface area contributed by atoms with Crippen molar-refractivity contribution >= 4 is 28.2 Å². The van der Waals surface area contributed by atoms with Gasteiger partial charge in [0, 0.05) is 41.0 Å². The van der Waals surface area contributed by atoms with E-state index in [0.717, 1.165) is 12.1 Å². The Kier molecular flexibility index (Phi) is 5.12. The molecule has 0 saturated heterocycles. The number of anilines is 2. The first-order valence-electron chi connectivity index (χ1n) is 8.98. The fourth-order valence-corrected chi connectivity index (χ4v) is 3.19. The summed E-state index contributed by atoms with van der Waals surface area (Å²) in [6, 6.07) is 8.38. The van der Waals surface area contributed by atoms with Crippen LogP contribution in [0.25, 0.3) is 22.2 Å². The van der Waals surface area contributed by atoms with Gasteiger partial charge in [0.15, 0.2) is 0 Å². The van der Waals surface area contributed by atoms with E-state index in [9.17, 15) is 27.7 Å². The molecule has 0 fully saturated rings. The van der Waals surface area contributed by atoms with E-state index in [1.54, 1.807) is 24.3 Å². The molecular weight excluding hydrogens is 434 g/mol. The summed E-state index contributed by atoms with van der Waals surface area (Å²) in [6.45, 7) is 0. The number of aromatic amines is 1. The number of nitro benzene ring substituents is 1. The number of para-hydroxylation sites is 1. The average molecular weight is 447 g/mol. The predicted molar refractivity (Wildman–Crippen MR) is 107 cm³/mol. The lowest BCUT2D eigenvalue weighted by Crippen LogP contribution is -2.11. The van der Waals surface area contributed by atoms with Crippen LogP contribution in [0.15, 0.2) is 48.8 Å². The Morgan fingerprint density at radius 2 is 1.97 bits per heavy atom. The first-order chi connectivity index (χ1) is 15.2. The molecule has 164 valence electrons. The molecule has 4 aromatic rings. The van der Waals surface area contributed by atoms with Crippen molar-refractivity contribution in [2.24, 2.45) is 0 Å². The van der Waals surface area contributed by atoms with E-state index in [1.807, 2.05) is 0 Å². The number of benzene rings is 2. The molecule has 0 spiro atoms. The molecule has 2 aromatic heterocycles. The highest BCUT2D eigenvalue weighted by Crippen LogP contribution is 2.39. The third kappa shape index (κ3) is 3.77. The minimum atomic E-state index is -4.74. The number of hydrogen-bond acceptors (Lipinski definition) is 6. The van der Waals surface area contributed by atoms with Crippen molar-refractivity contribution in [3.8, 4) is 17.0 Å². The highest BCUT2D eigenvalue weighted by molar-refractivity contribution is 5.95. The van der Waals surface area contributed by atoms with Crippen molar-refractivity contribution in [1.29, 1.82) is 0 Å². The highest BCUT2D eigenvalue weighted by Gasteiger charge is 2.36. The van der Waals surface area contributed by atoms with Crippen molar-refractivity contribution in [1.82, 2.24) is 15.0 Å². The summed E-state index contributed by atoms with van der Waals surface area (Å²) in [7, 11) is 1.21. The molecule has 0 amide bonds. The van der Waals surface area contributed by atoms with Crippen LogP contribution in [0.2, 0.25) is 0 Å². The molecule has 2 heterocycles. The summed E-state index contributed by atoms with van der Waals surface area (Å²) < 4.78 is 59.9. The van der Waals surface area contributed by atoms with Gasteiger partial charge in [0.2, 0.25) is 11.8 Å². The summed E-state index contributed by atoms with van der Waals surface area (Å²) in [5.74, 6) is -1.55. The molecule has 2 N–H and O–H groups in total. The number of nitro groups is 1. The molecule has 0 saturated carbocycles. The predicted octanol–water partition coefficient (Wildman–Crippen LogP) is 5.44. The van der Waals surface area contributed by atoms with E-state index >= 15 is 0 Å². The quantitative estimate of drug-likeness (QED) is 0.240. The second kappa shape index (κ2) is 7.80. The number of hydrogen-bond donors (Lipinski definition) is 2. The smallest absolute Gasteiger partial charge is 0.419 e. The molecule has 32 heavy (non-hydrogen) atoms. The summed E-state index contributed by atoms with van der Waals surface area (Å²) in [4.78, 5) is 20.7. The number of H-pyrrole nitrogens is 1. The van der Waals surface area contributed by atoms with Gasteiger partial charge in [-0.15, -0.1) is 0 Å². The highest BCUT2D eigenvalue weighted by atomic mass is 19.4. The van der Waals surface area contributed by atoms with E-state index in [4.69, 9.17) is 4.74 Å². The van der Waals surface area contributed by atoms with Gasteiger partial charge in [-0.25, -0.2) is 9.97 Å². The van der Waals surface area contributed by atoms with Gasteiger partial charge >= 0.3 is 11.9 Å². The molecular formula is C20H13F4N5O3. The number of fused-ring (bicyclic) bond motifs is 1. The third-order valence-corrected chi connectivity index (χ3v) is 4.65. The van der Waals surface area contributed by atoms with Crippen LogP contribution >= 0.6 is 0 Å². The molecule has 0 bridgehead atoms. The lowest BCUT2D eigenvalue weighted by atomic mass is 10.1. The summed E-state index contributed by atoms with van der Waals surface area (Å²) in [5.41, 5.74) is -1.61. The fraction of sp³-hybridized carbons (Fsp3) is 0.100. The number of nitrogens with zero attached hydrogens (tertiary/aromatic N) is 3. The topological polar surface area (TPSA) is 106 Å². The van der Waals surface area contributed by atoms with Crippen LogP contribution in [0.3, 0.4) is 0 Å².